The van der Waals surface area contributed by atoms with Crippen molar-refractivity contribution in [2.45, 2.75) is 19.0 Å². The van der Waals surface area contributed by atoms with Gasteiger partial charge in [0.15, 0.2) is 0 Å². The van der Waals surface area contributed by atoms with Gasteiger partial charge in [0.1, 0.15) is 6.54 Å². The number of halogens is 3. The molecule has 0 aromatic heterocycles. The highest BCUT2D eigenvalue weighted by Gasteiger charge is 2.29. The SMILES string of the molecule is O=C(NCC(F)(F)F)[C@@H]1CCCNC1. The Morgan fingerprint density at radius 1 is 1.50 bits per heavy atom. The molecule has 1 rings (SSSR count). The monoisotopic (exact) mass is 210 g/mol. The summed E-state index contributed by atoms with van der Waals surface area (Å²) in [6.45, 7) is 0.0784. The van der Waals surface area contributed by atoms with E-state index in [9.17, 15) is 18.0 Å². The predicted molar refractivity (Wildman–Crippen MR) is 44.7 cm³/mol. The summed E-state index contributed by atoms with van der Waals surface area (Å²) in [5.41, 5.74) is 0. The van der Waals surface area contributed by atoms with Gasteiger partial charge in [0.25, 0.3) is 0 Å². The van der Waals surface area contributed by atoms with Gasteiger partial charge in [-0.15, -0.1) is 0 Å². The van der Waals surface area contributed by atoms with Crippen LogP contribution in [-0.4, -0.2) is 31.7 Å². The van der Waals surface area contributed by atoms with Gasteiger partial charge in [-0.05, 0) is 19.4 Å². The molecule has 1 heterocycles. The molecular formula is C8H13F3N2O. The Bertz CT molecular complexity index is 199. The summed E-state index contributed by atoms with van der Waals surface area (Å²) >= 11 is 0. The van der Waals surface area contributed by atoms with E-state index < -0.39 is 18.6 Å². The van der Waals surface area contributed by atoms with E-state index in [1.165, 1.54) is 0 Å². The highest BCUT2D eigenvalue weighted by Crippen LogP contribution is 2.14. The molecule has 1 aliphatic rings. The van der Waals surface area contributed by atoms with Crippen LogP contribution in [-0.2, 0) is 4.79 Å². The van der Waals surface area contributed by atoms with E-state index in [1.54, 1.807) is 0 Å². The highest BCUT2D eigenvalue weighted by molar-refractivity contribution is 5.78. The second kappa shape index (κ2) is 4.63. The Morgan fingerprint density at radius 3 is 2.71 bits per heavy atom. The number of hydrogen-bond donors (Lipinski definition) is 2. The Kier molecular flexibility index (Phi) is 3.74. The second-order valence-corrected chi connectivity index (χ2v) is 3.38. The van der Waals surface area contributed by atoms with Gasteiger partial charge < -0.3 is 10.6 Å². The average molecular weight is 210 g/mol. The van der Waals surface area contributed by atoms with Crippen LogP contribution < -0.4 is 10.6 Å². The number of nitrogens with one attached hydrogen (secondary N) is 2. The summed E-state index contributed by atoms with van der Waals surface area (Å²) in [4.78, 5) is 11.2. The molecule has 1 fully saturated rings. The zero-order chi connectivity index (χ0) is 10.6. The van der Waals surface area contributed by atoms with Crippen molar-refractivity contribution >= 4 is 5.91 Å². The molecule has 1 aliphatic heterocycles. The van der Waals surface area contributed by atoms with Crippen molar-refractivity contribution in [3.63, 3.8) is 0 Å². The first-order valence-corrected chi connectivity index (χ1v) is 4.54. The van der Waals surface area contributed by atoms with Crippen LogP contribution in [0.1, 0.15) is 12.8 Å². The predicted octanol–water partition coefficient (Wildman–Crippen LogP) is 0.664. The number of alkyl halides is 3. The van der Waals surface area contributed by atoms with Crippen LogP contribution in [0.3, 0.4) is 0 Å². The van der Waals surface area contributed by atoms with Crippen LogP contribution in [0.15, 0.2) is 0 Å². The van der Waals surface area contributed by atoms with E-state index in [0.29, 0.717) is 13.0 Å². The molecule has 1 amide bonds. The van der Waals surface area contributed by atoms with Crippen LogP contribution in [0.5, 0.6) is 0 Å². The third-order valence-electron chi connectivity index (χ3n) is 2.13. The van der Waals surface area contributed by atoms with Crippen LogP contribution in [0.2, 0.25) is 0 Å². The van der Waals surface area contributed by atoms with E-state index in [4.69, 9.17) is 0 Å². The second-order valence-electron chi connectivity index (χ2n) is 3.38. The van der Waals surface area contributed by atoms with Gasteiger partial charge in [-0.25, -0.2) is 0 Å². The number of piperidine rings is 1. The lowest BCUT2D eigenvalue weighted by molar-refractivity contribution is -0.141. The fourth-order valence-corrected chi connectivity index (χ4v) is 1.41. The Labute approximate surface area is 80.0 Å². The fraction of sp³-hybridized carbons (Fsp3) is 0.875. The molecule has 6 heteroatoms. The van der Waals surface area contributed by atoms with E-state index in [-0.39, 0.29) is 5.92 Å². The van der Waals surface area contributed by atoms with Crippen molar-refractivity contribution in [1.29, 1.82) is 0 Å². The van der Waals surface area contributed by atoms with E-state index >= 15 is 0 Å². The first kappa shape index (κ1) is 11.3. The number of amides is 1. The lowest BCUT2D eigenvalue weighted by Crippen LogP contribution is -2.43. The third kappa shape index (κ3) is 3.95. The molecule has 0 spiro atoms. The number of carbonyl (C=O) groups is 1. The summed E-state index contributed by atoms with van der Waals surface area (Å²) in [6, 6.07) is 0. The number of hydrogen-bond acceptors (Lipinski definition) is 2. The van der Waals surface area contributed by atoms with Crippen molar-refractivity contribution in [2.75, 3.05) is 19.6 Å². The van der Waals surface area contributed by atoms with Crippen LogP contribution in [0.25, 0.3) is 0 Å². The summed E-state index contributed by atoms with van der Waals surface area (Å²) in [6.07, 6.45) is -2.82. The Hall–Kier alpha value is -0.780. The zero-order valence-corrected chi connectivity index (χ0v) is 7.66. The standard InChI is InChI=1S/C8H13F3N2O/c9-8(10,11)5-13-7(14)6-2-1-3-12-4-6/h6,12H,1-5H2,(H,13,14)/t6-/m1/s1. The Balaban J connectivity index is 2.27. The maximum atomic E-state index is 11.8. The quantitative estimate of drug-likeness (QED) is 0.703. The van der Waals surface area contributed by atoms with E-state index in [2.05, 4.69) is 5.32 Å². The van der Waals surface area contributed by atoms with Gasteiger partial charge in [0.05, 0.1) is 5.92 Å². The topological polar surface area (TPSA) is 41.1 Å². The van der Waals surface area contributed by atoms with Crippen LogP contribution >= 0.6 is 0 Å². The lowest BCUT2D eigenvalue weighted by atomic mass is 9.99. The molecule has 0 radical (unpaired) electrons. The van der Waals surface area contributed by atoms with Crippen molar-refractivity contribution in [2.24, 2.45) is 5.92 Å². The van der Waals surface area contributed by atoms with Gasteiger partial charge in [-0.1, -0.05) is 0 Å². The summed E-state index contributed by atoms with van der Waals surface area (Å²) < 4.78 is 35.3. The van der Waals surface area contributed by atoms with Crippen molar-refractivity contribution in [3.8, 4) is 0 Å². The molecule has 0 saturated carbocycles. The average Bonchev–Trinajstić information content (AvgIpc) is 2.14. The number of rotatable bonds is 2. The molecule has 0 unspecified atom stereocenters. The van der Waals surface area contributed by atoms with Crippen LogP contribution in [0, 0.1) is 5.92 Å². The lowest BCUT2D eigenvalue weighted by Gasteiger charge is -2.22. The first-order chi connectivity index (χ1) is 6.49. The van der Waals surface area contributed by atoms with E-state index in [0.717, 1.165) is 13.0 Å². The molecule has 0 bridgehead atoms. The molecule has 3 nitrogen and oxygen atoms in total. The van der Waals surface area contributed by atoms with Gasteiger partial charge in [0.2, 0.25) is 5.91 Å². The summed E-state index contributed by atoms with van der Waals surface area (Å²) in [5, 5.41) is 4.86. The fourth-order valence-electron chi connectivity index (χ4n) is 1.41. The molecule has 14 heavy (non-hydrogen) atoms. The molecule has 1 atom stereocenters. The summed E-state index contributed by atoms with van der Waals surface area (Å²) in [5.74, 6) is -0.819. The first-order valence-electron chi connectivity index (χ1n) is 4.54. The van der Waals surface area contributed by atoms with Gasteiger partial charge >= 0.3 is 6.18 Å². The van der Waals surface area contributed by atoms with Gasteiger partial charge in [-0.2, -0.15) is 13.2 Å². The maximum Gasteiger partial charge on any atom is 0.405 e. The Morgan fingerprint density at radius 2 is 2.21 bits per heavy atom. The minimum Gasteiger partial charge on any atom is -0.347 e. The molecule has 0 aliphatic carbocycles. The summed E-state index contributed by atoms with van der Waals surface area (Å²) in [7, 11) is 0. The van der Waals surface area contributed by atoms with Gasteiger partial charge in [-0.3, -0.25) is 4.79 Å². The van der Waals surface area contributed by atoms with Crippen LogP contribution in [0.4, 0.5) is 13.2 Å². The van der Waals surface area contributed by atoms with Gasteiger partial charge in [0, 0.05) is 6.54 Å². The molecule has 1 saturated heterocycles. The smallest absolute Gasteiger partial charge is 0.347 e. The maximum absolute atomic E-state index is 11.8. The van der Waals surface area contributed by atoms with Crippen molar-refractivity contribution < 1.29 is 18.0 Å². The molecular weight excluding hydrogens is 197 g/mol. The third-order valence-corrected chi connectivity index (χ3v) is 2.13. The highest BCUT2D eigenvalue weighted by atomic mass is 19.4. The number of carbonyl (C=O) groups excluding carboxylic acids is 1. The minimum absolute atomic E-state index is 0.314. The normalized spacial score (nSPS) is 23.2. The molecule has 82 valence electrons. The van der Waals surface area contributed by atoms with Crippen molar-refractivity contribution in [3.05, 3.63) is 0 Å². The largest absolute Gasteiger partial charge is 0.405 e. The molecule has 0 aromatic rings. The van der Waals surface area contributed by atoms with Crippen molar-refractivity contribution in [1.82, 2.24) is 10.6 Å². The minimum atomic E-state index is -4.32. The zero-order valence-electron chi connectivity index (χ0n) is 7.66. The van der Waals surface area contributed by atoms with E-state index in [1.807, 2.05) is 5.32 Å². The molecule has 2 N–H and O–H groups in total. The molecule has 0 aromatic carbocycles.